The molecule has 0 fully saturated rings. The second-order valence-electron chi connectivity index (χ2n) is 5.05. The van der Waals surface area contributed by atoms with E-state index in [0.717, 1.165) is 39.2 Å². The Labute approximate surface area is 138 Å². The smallest absolute Gasteiger partial charge is 0.123 e. The van der Waals surface area contributed by atoms with Crippen molar-refractivity contribution in [1.82, 2.24) is 5.32 Å². The van der Waals surface area contributed by atoms with Crippen LogP contribution in [0, 0.1) is 12.7 Å². The van der Waals surface area contributed by atoms with Gasteiger partial charge in [0, 0.05) is 15.5 Å². The van der Waals surface area contributed by atoms with Crippen LogP contribution in [0.4, 0.5) is 4.39 Å². The van der Waals surface area contributed by atoms with Crippen molar-refractivity contribution in [1.29, 1.82) is 0 Å². The summed E-state index contributed by atoms with van der Waals surface area (Å²) in [6.07, 6.45) is 0.726. The van der Waals surface area contributed by atoms with Gasteiger partial charge in [-0.15, -0.1) is 0 Å². The van der Waals surface area contributed by atoms with E-state index in [1.807, 2.05) is 38.1 Å². The van der Waals surface area contributed by atoms with Crippen LogP contribution in [-0.4, -0.2) is 6.54 Å². The van der Waals surface area contributed by atoms with Crippen LogP contribution in [0.25, 0.3) is 0 Å². The van der Waals surface area contributed by atoms with Gasteiger partial charge >= 0.3 is 0 Å². The molecule has 1 atom stereocenters. The van der Waals surface area contributed by atoms with E-state index in [0.29, 0.717) is 0 Å². The summed E-state index contributed by atoms with van der Waals surface area (Å²) < 4.78 is 14.5. The highest BCUT2D eigenvalue weighted by molar-refractivity contribution is 9.10. The number of aryl methyl sites for hydroxylation is 1. The van der Waals surface area contributed by atoms with Crippen molar-refractivity contribution in [2.75, 3.05) is 6.54 Å². The maximum absolute atomic E-state index is 13.6. The number of benzene rings is 2. The lowest BCUT2D eigenvalue weighted by Crippen LogP contribution is -2.24. The van der Waals surface area contributed by atoms with E-state index in [1.165, 1.54) is 6.07 Å². The Balaban J connectivity index is 2.32. The fourth-order valence-corrected chi connectivity index (χ4v) is 3.18. The molecular formula is C17H18BrClFN. The standard InChI is InChI=1S/C17H18BrClFN/c1-3-21-17(15-10-14(20)7-4-11(15)2)8-12-5-6-13(18)9-16(12)19/h4-7,9-10,17,21H,3,8H2,1-2H3. The maximum Gasteiger partial charge on any atom is 0.123 e. The molecule has 21 heavy (non-hydrogen) atoms. The third kappa shape index (κ3) is 4.29. The van der Waals surface area contributed by atoms with Crippen molar-refractivity contribution in [3.05, 3.63) is 68.4 Å². The highest BCUT2D eigenvalue weighted by Gasteiger charge is 2.16. The van der Waals surface area contributed by atoms with E-state index in [-0.39, 0.29) is 11.9 Å². The van der Waals surface area contributed by atoms with Crippen molar-refractivity contribution in [3.63, 3.8) is 0 Å². The van der Waals surface area contributed by atoms with E-state index in [4.69, 9.17) is 11.6 Å². The Morgan fingerprint density at radius 3 is 2.67 bits per heavy atom. The van der Waals surface area contributed by atoms with E-state index in [1.54, 1.807) is 6.07 Å². The topological polar surface area (TPSA) is 12.0 Å². The predicted octanol–water partition coefficient (Wildman–Crippen LogP) is 5.44. The zero-order chi connectivity index (χ0) is 15.4. The molecule has 0 saturated heterocycles. The lowest BCUT2D eigenvalue weighted by Gasteiger charge is -2.21. The first-order valence-corrected chi connectivity index (χ1v) is 8.11. The molecule has 1 nitrogen and oxygen atoms in total. The second-order valence-corrected chi connectivity index (χ2v) is 6.37. The Morgan fingerprint density at radius 1 is 1.24 bits per heavy atom. The number of hydrogen-bond donors (Lipinski definition) is 1. The Morgan fingerprint density at radius 2 is 2.00 bits per heavy atom. The van der Waals surface area contributed by atoms with Gasteiger partial charge in [0.05, 0.1) is 0 Å². The van der Waals surface area contributed by atoms with Gasteiger partial charge in [0.15, 0.2) is 0 Å². The molecule has 4 heteroatoms. The number of likely N-dealkylation sites (N-methyl/N-ethyl adjacent to an activating group) is 1. The van der Waals surface area contributed by atoms with Gasteiger partial charge in [0.2, 0.25) is 0 Å². The Bertz CT molecular complexity index is 630. The molecule has 0 aliphatic rings. The molecule has 0 aliphatic carbocycles. The average Bonchev–Trinajstić information content (AvgIpc) is 2.44. The van der Waals surface area contributed by atoms with Crippen LogP contribution >= 0.6 is 27.5 Å². The van der Waals surface area contributed by atoms with Crippen LogP contribution in [0.3, 0.4) is 0 Å². The van der Waals surface area contributed by atoms with Crippen LogP contribution < -0.4 is 5.32 Å². The van der Waals surface area contributed by atoms with Crippen molar-refractivity contribution >= 4 is 27.5 Å². The van der Waals surface area contributed by atoms with Crippen LogP contribution in [0.1, 0.15) is 29.7 Å². The van der Waals surface area contributed by atoms with Crippen LogP contribution in [0.15, 0.2) is 40.9 Å². The van der Waals surface area contributed by atoms with Crippen molar-refractivity contribution in [2.24, 2.45) is 0 Å². The SMILES string of the molecule is CCNC(Cc1ccc(Br)cc1Cl)c1cc(F)ccc1C. The normalized spacial score (nSPS) is 12.4. The van der Waals surface area contributed by atoms with Gasteiger partial charge in [-0.1, -0.05) is 46.6 Å². The van der Waals surface area contributed by atoms with Gasteiger partial charge in [0.25, 0.3) is 0 Å². The van der Waals surface area contributed by atoms with Crippen LogP contribution in [0.2, 0.25) is 5.02 Å². The average molecular weight is 371 g/mol. The first-order valence-electron chi connectivity index (χ1n) is 6.94. The summed E-state index contributed by atoms with van der Waals surface area (Å²) in [5, 5.41) is 4.14. The van der Waals surface area contributed by atoms with Crippen molar-refractivity contribution in [3.8, 4) is 0 Å². The third-order valence-corrected chi connectivity index (χ3v) is 4.35. The van der Waals surface area contributed by atoms with Crippen molar-refractivity contribution in [2.45, 2.75) is 26.3 Å². The van der Waals surface area contributed by atoms with Gasteiger partial charge in [-0.3, -0.25) is 0 Å². The summed E-state index contributed by atoms with van der Waals surface area (Å²) in [4.78, 5) is 0. The molecule has 0 aromatic heterocycles. The lowest BCUT2D eigenvalue weighted by atomic mass is 9.95. The predicted molar refractivity (Wildman–Crippen MR) is 90.4 cm³/mol. The van der Waals surface area contributed by atoms with E-state index >= 15 is 0 Å². The number of hydrogen-bond acceptors (Lipinski definition) is 1. The van der Waals surface area contributed by atoms with Gasteiger partial charge in [0.1, 0.15) is 5.82 Å². The minimum absolute atomic E-state index is 0.0457. The van der Waals surface area contributed by atoms with Gasteiger partial charge in [-0.2, -0.15) is 0 Å². The summed E-state index contributed by atoms with van der Waals surface area (Å²) in [6.45, 7) is 4.86. The molecule has 0 amide bonds. The van der Waals surface area contributed by atoms with E-state index in [9.17, 15) is 4.39 Å². The Hall–Kier alpha value is -0.900. The van der Waals surface area contributed by atoms with Crippen LogP contribution in [0.5, 0.6) is 0 Å². The molecule has 0 heterocycles. The summed E-state index contributed by atoms with van der Waals surface area (Å²) in [7, 11) is 0. The first-order chi connectivity index (χ1) is 10.0. The van der Waals surface area contributed by atoms with Gasteiger partial charge in [-0.25, -0.2) is 4.39 Å². The Kier molecular flexibility index (Phi) is 5.80. The highest BCUT2D eigenvalue weighted by atomic mass is 79.9. The first kappa shape index (κ1) is 16.5. The van der Waals surface area contributed by atoms with Gasteiger partial charge in [-0.05, 0) is 60.8 Å². The molecule has 2 rings (SSSR count). The minimum Gasteiger partial charge on any atom is -0.310 e. The molecule has 112 valence electrons. The zero-order valence-electron chi connectivity index (χ0n) is 12.1. The highest BCUT2D eigenvalue weighted by Crippen LogP contribution is 2.28. The molecule has 1 unspecified atom stereocenters. The minimum atomic E-state index is -0.208. The molecule has 0 saturated carbocycles. The fourth-order valence-electron chi connectivity index (χ4n) is 2.43. The number of rotatable bonds is 5. The maximum atomic E-state index is 13.6. The summed E-state index contributed by atoms with van der Waals surface area (Å²) in [5.74, 6) is -0.208. The molecule has 0 bridgehead atoms. The lowest BCUT2D eigenvalue weighted by molar-refractivity contribution is 0.540. The molecule has 0 spiro atoms. The molecule has 0 radical (unpaired) electrons. The zero-order valence-corrected chi connectivity index (χ0v) is 14.4. The molecule has 0 aliphatic heterocycles. The monoisotopic (exact) mass is 369 g/mol. The van der Waals surface area contributed by atoms with Crippen LogP contribution in [-0.2, 0) is 6.42 Å². The summed E-state index contributed by atoms with van der Waals surface area (Å²) in [5.41, 5.74) is 3.11. The second kappa shape index (κ2) is 7.39. The molecule has 2 aromatic rings. The summed E-state index contributed by atoms with van der Waals surface area (Å²) in [6, 6.07) is 10.8. The fraction of sp³-hybridized carbons (Fsp3) is 0.294. The molecule has 1 N–H and O–H groups in total. The van der Waals surface area contributed by atoms with E-state index < -0.39 is 0 Å². The number of halogens is 3. The quantitative estimate of drug-likeness (QED) is 0.738. The summed E-state index contributed by atoms with van der Waals surface area (Å²) >= 11 is 9.71. The number of nitrogens with one attached hydrogen (secondary N) is 1. The van der Waals surface area contributed by atoms with Gasteiger partial charge < -0.3 is 5.32 Å². The molecular weight excluding hydrogens is 353 g/mol. The largest absolute Gasteiger partial charge is 0.310 e. The third-order valence-electron chi connectivity index (χ3n) is 3.51. The van der Waals surface area contributed by atoms with E-state index in [2.05, 4.69) is 21.2 Å². The van der Waals surface area contributed by atoms with Crippen molar-refractivity contribution < 1.29 is 4.39 Å². The molecule has 2 aromatic carbocycles.